The highest BCUT2D eigenvalue weighted by molar-refractivity contribution is 5.49. The van der Waals surface area contributed by atoms with Crippen molar-refractivity contribution in [1.82, 2.24) is 4.98 Å². The maximum atomic E-state index is 12.9. The van der Waals surface area contributed by atoms with Crippen molar-refractivity contribution in [2.24, 2.45) is 0 Å². The summed E-state index contributed by atoms with van der Waals surface area (Å²) in [6.07, 6.45) is 1.86. The van der Waals surface area contributed by atoms with Gasteiger partial charge in [0.1, 0.15) is 11.6 Å². The Balaban J connectivity index is 2.13. The van der Waals surface area contributed by atoms with Crippen LogP contribution in [0, 0.1) is 5.82 Å². The van der Waals surface area contributed by atoms with E-state index in [4.69, 9.17) is 0 Å². The van der Waals surface area contributed by atoms with Crippen molar-refractivity contribution in [3.05, 3.63) is 54.1 Å². The van der Waals surface area contributed by atoms with Gasteiger partial charge in [-0.1, -0.05) is 13.0 Å². The summed E-state index contributed by atoms with van der Waals surface area (Å²) in [5, 5.41) is 3.17. The molecule has 1 unspecified atom stereocenters. The van der Waals surface area contributed by atoms with Crippen molar-refractivity contribution in [3.8, 4) is 5.75 Å². The lowest BCUT2D eigenvalue weighted by Gasteiger charge is -2.18. The van der Waals surface area contributed by atoms with E-state index < -0.39 is 12.4 Å². The van der Waals surface area contributed by atoms with E-state index in [0.717, 1.165) is 6.20 Å². The molecule has 2 rings (SSSR count). The van der Waals surface area contributed by atoms with Crippen molar-refractivity contribution < 1.29 is 17.9 Å². The largest absolute Gasteiger partial charge is 0.435 e. The smallest absolute Gasteiger partial charge is 0.387 e. The highest BCUT2D eigenvalue weighted by Crippen LogP contribution is 2.25. The number of benzene rings is 1. The Bertz CT molecular complexity index is 575. The molecule has 0 saturated heterocycles. The number of anilines is 1. The number of nitrogens with one attached hydrogen (secondary N) is 1. The highest BCUT2D eigenvalue weighted by atomic mass is 19.3. The van der Waals surface area contributed by atoms with Gasteiger partial charge in [0, 0.05) is 11.8 Å². The minimum atomic E-state index is -2.86. The second-order valence-electron chi connectivity index (χ2n) is 4.41. The second kappa shape index (κ2) is 6.97. The Morgan fingerprint density at radius 2 is 2.05 bits per heavy atom. The zero-order chi connectivity index (χ0) is 15.2. The molecule has 2 aromatic rings. The lowest BCUT2D eigenvalue weighted by atomic mass is 10.1. The molecule has 1 atom stereocenters. The zero-order valence-corrected chi connectivity index (χ0v) is 11.4. The van der Waals surface area contributed by atoms with Gasteiger partial charge in [-0.25, -0.2) is 4.39 Å². The van der Waals surface area contributed by atoms with Gasteiger partial charge in [-0.05, 0) is 30.7 Å². The molecule has 6 heteroatoms. The molecule has 0 fully saturated rings. The number of pyridine rings is 1. The quantitative estimate of drug-likeness (QED) is 0.858. The number of nitrogens with zero attached hydrogens (tertiary/aromatic N) is 1. The van der Waals surface area contributed by atoms with Crippen LogP contribution in [0.2, 0.25) is 0 Å². The van der Waals surface area contributed by atoms with Crippen molar-refractivity contribution in [3.63, 3.8) is 0 Å². The standard InChI is InChI=1S/C15H15F3N2O/c1-2-13(14-7-6-10(16)9-19-14)20-11-4-3-5-12(8-11)21-15(17)18/h3-9,13,15,20H,2H2,1H3. The van der Waals surface area contributed by atoms with Gasteiger partial charge in [0.15, 0.2) is 0 Å². The molecule has 21 heavy (non-hydrogen) atoms. The molecule has 0 amide bonds. The summed E-state index contributed by atoms with van der Waals surface area (Å²) in [6.45, 7) is -0.914. The van der Waals surface area contributed by atoms with Crippen LogP contribution in [0.5, 0.6) is 5.75 Å². The maximum absolute atomic E-state index is 12.9. The monoisotopic (exact) mass is 296 g/mol. The third kappa shape index (κ3) is 4.37. The van der Waals surface area contributed by atoms with Crippen LogP contribution in [0.25, 0.3) is 0 Å². The predicted molar refractivity (Wildman–Crippen MR) is 73.9 cm³/mol. The van der Waals surface area contributed by atoms with Crippen molar-refractivity contribution >= 4 is 5.69 Å². The normalized spacial score (nSPS) is 12.2. The van der Waals surface area contributed by atoms with E-state index in [9.17, 15) is 13.2 Å². The van der Waals surface area contributed by atoms with E-state index in [-0.39, 0.29) is 11.8 Å². The van der Waals surface area contributed by atoms with Crippen molar-refractivity contribution in [1.29, 1.82) is 0 Å². The summed E-state index contributed by atoms with van der Waals surface area (Å²) in [7, 11) is 0. The molecule has 3 nitrogen and oxygen atoms in total. The van der Waals surface area contributed by atoms with Gasteiger partial charge in [0.25, 0.3) is 0 Å². The predicted octanol–water partition coefficient (Wildman–Crippen LogP) is 4.39. The van der Waals surface area contributed by atoms with Gasteiger partial charge >= 0.3 is 6.61 Å². The molecule has 0 aliphatic carbocycles. The highest BCUT2D eigenvalue weighted by Gasteiger charge is 2.12. The first-order valence-corrected chi connectivity index (χ1v) is 6.51. The van der Waals surface area contributed by atoms with Crippen LogP contribution in [-0.2, 0) is 0 Å². The Morgan fingerprint density at radius 1 is 1.24 bits per heavy atom. The van der Waals surface area contributed by atoms with Crippen LogP contribution in [0.3, 0.4) is 0 Å². The number of aromatic nitrogens is 1. The molecule has 1 N–H and O–H groups in total. The summed E-state index contributed by atoms with van der Waals surface area (Å²) in [5.74, 6) is -0.321. The van der Waals surface area contributed by atoms with Crippen LogP contribution in [0.1, 0.15) is 25.1 Å². The molecule has 1 aromatic carbocycles. The van der Waals surface area contributed by atoms with Gasteiger partial charge < -0.3 is 10.1 Å². The van der Waals surface area contributed by atoms with Gasteiger partial charge in [0.2, 0.25) is 0 Å². The Hall–Kier alpha value is -2.24. The first kappa shape index (κ1) is 15.2. The van der Waals surface area contributed by atoms with E-state index >= 15 is 0 Å². The molecule has 0 radical (unpaired) electrons. The molecule has 0 saturated carbocycles. The average molecular weight is 296 g/mol. The third-order valence-corrected chi connectivity index (χ3v) is 2.92. The fourth-order valence-electron chi connectivity index (χ4n) is 1.94. The van der Waals surface area contributed by atoms with E-state index in [2.05, 4.69) is 15.0 Å². The van der Waals surface area contributed by atoms with E-state index in [1.165, 1.54) is 18.2 Å². The number of halogens is 3. The lowest BCUT2D eigenvalue weighted by molar-refractivity contribution is -0.0498. The first-order valence-electron chi connectivity index (χ1n) is 6.51. The molecular formula is C15H15F3N2O. The first-order chi connectivity index (χ1) is 10.1. The topological polar surface area (TPSA) is 34.1 Å². The summed E-state index contributed by atoms with van der Waals surface area (Å²) >= 11 is 0. The average Bonchev–Trinajstić information content (AvgIpc) is 2.45. The number of hydrogen-bond donors (Lipinski definition) is 1. The van der Waals surface area contributed by atoms with Crippen LogP contribution in [-0.4, -0.2) is 11.6 Å². The molecule has 0 aliphatic rings. The van der Waals surface area contributed by atoms with Crippen molar-refractivity contribution in [2.45, 2.75) is 26.0 Å². The zero-order valence-electron chi connectivity index (χ0n) is 11.4. The Kier molecular flexibility index (Phi) is 5.03. The van der Waals surface area contributed by atoms with Crippen molar-refractivity contribution in [2.75, 3.05) is 5.32 Å². The molecule has 0 spiro atoms. The van der Waals surface area contributed by atoms with E-state index in [1.54, 1.807) is 18.2 Å². The molecule has 0 bridgehead atoms. The number of hydrogen-bond acceptors (Lipinski definition) is 3. The fraction of sp³-hybridized carbons (Fsp3) is 0.267. The van der Waals surface area contributed by atoms with Crippen LogP contribution in [0.15, 0.2) is 42.6 Å². The molecule has 1 heterocycles. The van der Waals surface area contributed by atoms with Crippen LogP contribution in [0.4, 0.5) is 18.9 Å². The van der Waals surface area contributed by atoms with Crippen LogP contribution >= 0.6 is 0 Å². The summed E-state index contributed by atoms with van der Waals surface area (Å²) in [6, 6.07) is 9.08. The maximum Gasteiger partial charge on any atom is 0.387 e. The molecule has 1 aromatic heterocycles. The van der Waals surface area contributed by atoms with Gasteiger partial charge in [-0.3, -0.25) is 4.98 Å². The second-order valence-corrected chi connectivity index (χ2v) is 4.41. The van der Waals surface area contributed by atoms with Crippen LogP contribution < -0.4 is 10.1 Å². The van der Waals surface area contributed by atoms with Gasteiger partial charge in [-0.2, -0.15) is 8.78 Å². The Labute approximate surface area is 120 Å². The number of alkyl halides is 2. The summed E-state index contributed by atoms with van der Waals surface area (Å²) < 4.78 is 41.6. The molecule has 112 valence electrons. The SMILES string of the molecule is CCC(Nc1cccc(OC(F)F)c1)c1ccc(F)cn1. The summed E-state index contributed by atoms with van der Waals surface area (Å²) in [5.41, 5.74) is 1.31. The minimum absolute atomic E-state index is 0.0805. The summed E-state index contributed by atoms with van der Waals surface area (Å²) in [4.78, 5) is 4.03. The van der Waals surface area contributed by atoms with E-state index in [0.29, 0.717) is 17.8 Å². The fourth-order valence-corrected chi connectivity index (χ4v) is 1.94. The molecule has 0 aliphatic heterocycles. The van der Waals surface area contributed by atoms with Gasteiger partial charge in [0.05, 0.1) is 17.9 Å². The van der Waals surface area contributed by atoms with E-state index in [1.807, 2.05) is 6.92 Å². The van der Waals surface area contributed by atoms with Gasteiger partial charge in [-0.15, -0.1) is 0 Å². The number of rotatable bonds is 6. The minimum Gasteiger partial charge on any atom is -0.435 e. The third-order valence-electron chi connectivity index (χ3n) is 2.92. The Morgan fingerprint density at radius 3 is 2.67 bits per heavy atom. The number of ether oxygens (including phenoxy) is 1. The lowest BCUT2D eigenvalue weighted by Crippen LogP contribution is -2.11. The molecular weight excluding hydrogens is 281 g/mol.